The summed E-state index contributed by atoms with van der Waals surface area (Å²) in [6.45, 7) is 3.28. The molecular weight excluding hydrogens is 127 g/mol. The molecule has 0 aliphatic rings. The highest BCUT2D eigenvalue weighted by Gasteiger charge is 1.98. The number of carbonyl (C=O) groups is 1. The van der Waals surface area contributed by atoms with E-state index in [0.717, 1.165) is 0 Å². The van der Waals surface area contributed by atoms with E-state index in [1.165, 1.54) is 0 Å². The first-order valence-electron chi connectivity index (χ1n) is 1.79. The molecule has 0 fully saturated rings. The first-order valence-corrected chi connectivity index (χ1v) is 2.79. The van der Waals surface area contributed by atoms with E-state index in [2.05, 4.69) is 17.3 Å². The molecule has 0 aliphatic heterocycles. The van der Waals surface area contributed by atoms with Crippen molar-refractivity contribution in [3.63, 3.8) is 0 Å². The largest absolute Gasteiger partial charge is 0.399 e. The fourth-order valence-corrected chi connectivity index (χ4v) is 0.482. The summed E-state index contributed by atoms with van der Waals surface area (Å²) >= 11 is 0. The molecule has 5 heteroatoms. The van der Waals surface area contributed by atoms with Gasteiger partial charge in [-0.25, -0.2) is 4.79 Å². The summed E-state index contributed by atoms with van der Waals surface area (Å²) < 4.78 is 0. The van der Waals surface area contributed by atoms with Crippen LogP contribution in [0.3, 0.4) is 0 Å². The van der Waals surface area contributed by atoms with Crippen LogP contribution in [0.2, 0.25) is 0 Å². The van der Waals surface area contributed by atoms with Crippen LogP contribution in [-0.4, -0.2) is 5.71 Å². The van der Waals surface area contributed by atoms with Crippen molar-refractivity contribution in [2.24, 2.45) is 11.6 Å². The molecule has 0 aromatic rings. The molecule has 1 atom stereocenters. The lowest BCUT2D eigenvalue weighted by Crippen LogP contribution is -2.03. The van der Waals surface area contributed by atoms with Crippen LogP contribution in [0.1, 0.15) is 0 Å². The smallest absolute Gasteiger partial charge is 0.347 e. The average Bonchev–Trinajstić information content (AvgIpc) is 1.65. The lowest BCUT2D eigenvalue weighted by atomic mass is 11.1. The maximum Gasteiger partial charge on any atom is 0.347 e. The molecule has 0 aliphatic carbocycles. The third-order valence-corrected chi connectivity index (χ3v) is 1.01. The van der Waals surface area contributed by atoms with E-state index in [4.69, 9.17) is 5.73 Å². The van der Waals surface area contributed by atoms with Crippen molar-refractivity contribution in [2.75, 3.05) is 0 Å². The Kier molecular flexibility index (Phi) is 3.15. The van der Waals surface area contributed by atoms with Crippen molar-refractivity contribution in [1.82, 2.24) is 0 Å². The van der Waals surface area contributed by atoms with Gasteiger partial charge in [0, 0.05) is 14.0 Å². The second kappa shape index (κ2) is 3.41. The van der Waals surface area contributed by atoms with E-state index in [9.17, 15) is 4.79 Å². The normalized spacial score (nSPS) is 9.62. The van der Waals surface area contributed by atoms with E-state index in [1.54, 1.807) is 0 Å². The van der Waals surface area contributed by atoms with E-state index in [1.807, 2.05) is 0 Å². The summed E-state index contributed by atoms with van der Waals surface area (Å²) in [5.41, 5.74) is 4.76. The molecule has 4 N–H and O–H groups in total. The van der Waals surface area contributed by atoms with E-state index < -0.39 is 5.71 Å². The lowest BCUT2D eigenvalue weighted by molar-refractivity contribution is 0.177. The number of nitrogens with two attached hydrogens (primary N) is 2. The monoisotopic (exact) mass is 134 g/mol. The molecule has 0 radical (unpaired) electrons. The Bertz CT molecular complexity index is 114. The van der Waals surface area contributed by atoms with Gasteiger partial charge in [0.1, 0.15) is 0 Å². The Morgan fingerprint density at radius 2 is 2.25 bits per heavy atom. The second-order valence-electron chi connectivity index (χ2n) is 1.06. The van der Waals surface area contributed by atoms with E-state index in [0.29, 0.717) is 0 Å². The van der Waals surface area contributed by atoms with E-state index >= 15 is 0 Å². The van der Waals surface area contributed by atoms with Crippen LogP contribution < -0.4 is 11.6 Å². The summed E-state index contributed by atoms with van der Waals surface area (Å²) in [7, 11) is -0.240. The molecule has 0 aromatic heterocycles. The van der Waals surface area contributed by atoms with Crippen LogP contribution in [0.25, 0.3) is 0 Å². The van der Waals surface area contributed by atoms with Crippen molar-refractivity contribution in [3.8, 4) is 0 Å². The van der Waals surface area contributed by atoms with Gasteiger partial charge in [-0.15, -0.1) is 0 Å². The Morgan fingerprint density at radius 3 is 2.38 bits per heavy atom. The van der Waals surface area contributed by atoms with Crippen LogP contribution in [-0.2, 0) is 4.84 Å². The van der Waals surface area contributed by atoms with Crippen molar-refractivity contribution in [2.45, 2.75) is 0 Å². The molecule has 0 rings (SSSR count). The van der Waals surface area contributed by atoms with Crippen molar-refractivity contribution >= 4 is 14.3 Å². The van der Waals surface area contributed by atoms with Crippen LogP contribution in [0.15, 0.2) is 12.0 Å². The van der Waals surface area contributed by atoms with Gasteiger partial charge in [0.25, 0.3) is 0 Å². The van der Waals surface area contributed by atoms with Crippen LogP contribution in [0, 0.1) is 0 Å². The lowest BCUT2D eigenvalue weighted by Gasteiger charge is -1.93. The van der Waals surface area contributed by atoms with Gasteiger partial charge in [-0.3, -0.25) is 0 Å². The van der Waals surface area contributed by atoms with Crippen molar-refractivity contribution in [1.29, 1.82) is 0 Å². The Morgan fingerprint density at radius 1 is 1.75 bits per heavy atom. The maximum absolute atomic E-state index is 10.1. The minimum atomic E-state index is -0.544. The highest BCUT2D eigenvalue weighted by Crippen LogP contribution is 2.17. The Balaban J connectivity index is 3.40. The predicted molar refractivity (Wildman–Crippen MR) is 32.3 cm³/mol. The molecule has 8 heavy (non-hydrogen) atoms. The second-order valence-corrected chi connectivity index (χ2v) is 2.36. The first kappa shape index (κ1) is 7.40. The minimum absolute atomic E-state index is 0.240. The number of hydrogen-bond donors (Lipinski definition) is 2. The minimum Gasteiger partial charge on any atom is -0.399 e. The zero-order valence-electron chi connectivity index (χ0n) is 4.18. The van der Waals surface area contributed by atoms with Gasteiger partial charge in [-0.05, 0) is 0 Å². The molecule has 0 spiro atoms. The van der Waals surface area contributed by atoms with Gasteiger partial charge in [-0.2, -0.15) is 5.90 Å². The summed E-state index contributed by atoms with van der Waals surface area (Å²) in [5, 5.41) is 0. The molecule has 0 saturated carbocycles. The van der Waals surface area contributed by atoms with Crippen molar-refractivity contribution < 1.29 is 9.63 Å². The Hall–Kier alpha value is -0.600. The standard InChI is InChI=1S/C3H7N2O2P/c1-2(4)8-3(6)7-5/h8H,1,4-5H2. The highest BCUT2D eigenvalue weighted by atomic mass is 31.1. The number of rotatable bonds is 2. The summed E-state index contributed by atoms with van der Waals surface area (Å²) in [5.74, 6) is 4.48. The molecule has 0 amide bonds. The van der Waals surface area contributed by atoms with Gasteiger partial charge < -0.3 is 10.6 Å². The molecule has 46 valence electrons. The molecule has 0 aromatic carbocycles. The molecule has 0 bridgehead atoms. The van der Waals surface area contributed by atoms with Gasteiger partial charge in [0.2, 0.25) is 0 Å². The zero-order valence-corrected chi connectivity index (χ0v) is 5.18. The SMILES string of the molecule is C=C(N)PC(=O)ON. The van der Waals surface area contributed by atoms with Crippen LogP contribution in [0.5, 0.6) is 0 Å². The molecule has 1 unspecified atom stereocenters. The fraction of sp³-hybridized carbons (Fsp3) is 0. The summed E-state index contributed by atoms with van der Waals surface area (Å²) in [6.07, 6.45) is 0. The van der Waals surface area contributed by atoms with E-state index in [-0.39, 0.29) is 14.0 Å². The third-order valence-electron chi connectivity index (χ3n) is 0.370. The van der Waals surface area contributed by atoms with Gasteiger partial charge in [0.15, 0.2) is 0 Å². The van der Waals surface area contributed by atoms with Gasteiger partial charge in [-0.1, -0.05) is 6.58 Å². The first-order chi connectivity index (χ1) is 3.66. The maximum atomic E-state index is 10.1. The number of hydrogen-bond acceptors (Lipinski definition) is 4. The summed E-state index contributed by atoms with van der Waals surface area (Å²) in [6, 6.07) is 0. The fourth-order valence-electron chi connectivity index (χ4n) is 0.161. The molecule has 0 heterocycles. The highest BCUT2D eigenvalue weighted by molar-refractivity contribution is 7.61. The third kappa shape index (κ3) is 3.59. The predicted octanol–water partition coefficient (Wildman–Crippen LogP) is 0.105. The molecular formula is C3H7N2O2P. The summed E-state index contributed by atoms with van der Waals surface area (Å²) in [4.78, 5) is 13.9. The zero-order chi connectivity index (χ0) is 6.57. The van der Waals surface area contributed by atoms with Crippen LogP contribution >= 0.6 is 8.58 Å². The molecule has 0 saturated heterocycles. The Labute approximate surface area is 48.6 Å². The quantitative estimate of drug-likeness (QED) is 0.414. The number of carbonyl (C=O) groups excluding carboxylic acids is 1. The molecule has 4 nitrogen and oxygen atoms in total. The van der Waals surface area contributed by atoms with Crippen LogP contribution in [0.4, 0.5) is 4.79 Å². The van der Waals surface area contributed by atoms with Gasteiger partial charge in [0.05, 0.1) is 0 Å². The average molecular weight is 134 g/mol. The van der Waals surface area contributed by atoms with Crippen molar-refractivity contribution in [3.05, 3.63) is 12.0 Å². The van der Waals surface area contributed by atoms with Gasteiger partial charge >= 0.3 is 5.71 Å². The topological polar surface area (TPSA) is 78.3 Å².